The normalized spacial score (nSPS) is 10.2. The van der Waals surface area contributed by atoms with E-state index in [4.69, 9.17) is 4.74 Å². The number of fused-ring (bicyclic) bond motifs is 1. The first-order valence-corrected chi connectivity index (χ1v) is 4.02. The fourth-order valence-corrected chi connectivity index (χ4v) is 1.26. The third-order valence-electron chi connectivity index (χ3n) is 1.77. The molecule has 0 N–H and O–H groups in total. The van der Waals surface area contributed by atoms with E-state index in [1.807, 2.05) is 34.9 Å². The zero-order chi connectivity index (χ0) is 9.26. The predicted octanol–water partition coefficient (Wildman–Crippen LogP) is 1.86. The van der Waals surface area contributed by atoms with Crippen molar-refractivity contribution in [3.8, 4) is 5.88 Å². The van der Waals surface area contributed by atoms with Crippen LogP contribution in [0.15, 0.2) is 36.5 Å². The molecule has 0 aliphatic rings. The molecule has 13 heavy (non-hydrogen) atoms. The van der Waals surface area contributed by atoms with Gasteiger partial charge in [0, 0.05) is 24.7 Å². The number of hydrogen-bond acceptors (Lipinski definition) is 2. The Bertz CT molecular complexity index is 445. The molecular weight excluding hydrogens is 166 g/mol. The number of carbonyl (C=O) groups is 1. The van der Waals surface area contributed by atoms with Crippen molar-refractivity contribution in [3.63, 3.8) is 0 Å². The lowest BCUT2D eigenvalue weighted by Gasteiger charge is -2.00. The maximum absolute atomic E-state index is 10.7. The molecule has 0 amide bonds. The van der Waals surface area contributed by atoms with Gasteiger partial charge in [-0.15, -0.1) is 0 Å². The summed E-state index contributed by atoms with van der Waals surface area (Å²) >= 11 is 0. The van der Waals surface area contributed by atoms with Crippen LogP contribution in [0.1, 0.15) is 6.92 Å². The smallest absolute Gasteiger partial charge is 0.309 e. The third kappa shape index (κ3) is 1.40. The van der Waals surface area contributed by atoms with Gasteiger partial charge < -0.3 is 4.74 Å². The molecule has 2 aromatic heterocycles. The monoisotopic (exact) mass is 175 g/mol. The van der Waals surface area contributed by atoms with E-state index in [9.17, 15) is 4.79 Å². The summed E-state index contributed by atoms with van der Waals surface area (Å²) in [6, 6.07) is 9.45. The highest BCUT2D eigenvalue weighted by Gasteiger charge is 2.02. The van der Waals surface area contributed by atoms with Crippen LogP contribution >= 0.6 is 0 Å². The molecule has 0 bridgehead atoms. The Morgan fingerprint density at radius 1 is 1.31 bits per heavy atom. The Morgan fingerprint density at radius 3 is 2.92 bits per heavy atom. The van der Waals surface area contributed by atoms with Crippen molar-refractivity contribution >= 4 is 11.5 Å². The van der Waals surface area contributed by atoms with Gasteiger partial charge in [0.25, 0.3) is 0 Å². The molecule has 0 unspecified atom stereocenters. The van der Waals surface area contributed by atoms with Crippen LogP contribution in [0.3, 0.4) is 0 Å². The average molecular weight is 175 g/mol. The van der Waals surface area contributed by atoms with Gasteiger partial charge in [-0.05, 0) is 18.2 Å². The van der Waals surface area contributed by atoms with E-state index in [0.29, 0.717) is 5.88 Å². The second kappa shape index (κ2) is 2.94. The molecule has 3 heteroatoms. The molecule has 0 atom stereocenters. The van der Waals surface area contributed by atoms with Crippen molar-refractivity contribution in [1.29, 1.82) is 0 Å². The lowest BCUT2D eigenvalue weighted by atomic mass is 10.4. The molecule has 0 radical (unpaired) electrons. The first-order valence-electron chi connectivity index (χ1n) is 4.02. The number of pyridine rings is 1. The molecule has 0 saturated heterocycles. The van der Waals surface area contributed by atoms with Gasteiger partial charge in [-0.1, -0.05) is 6.07 Å². The van der Waals surface area contributed by atoms with Crippen LogP contribution in [0.25, 0.3) is 5.52 Å². The number of carbonyl (C=O) groups excluding carboxylic acids is 1. The summed E-state index contributed by atoms with van der Waals surface area (Å²) in [7, 11) is 0. The van der Waals surface area contributed by atoms with E-state index in [-0.39, 0.29) is 5.97 Å². The molecule has 0 saturated carbocycles. The number of ether oxygens (including phenoxy) is 1. The number of nitrogens with zero attached hydrogens (tertiary/aromatic N) is 1. The Kier molecular flexibility index (Phi) is 1.77. The summed E-state index contributed by atoms with van der Waals surface area (Å²) in [4.78, 5) is 10.7. The van der Waals surface area contributed by atoms with Gasteiger partial charge in [-0.3, -0.25) is 9.20 Å². The molecule has 66 valence electrons. The van der Waals surface area contributed by atoms with Crippen LogP contribution in [0.4, 0.5) is 0 Å². The standard InChI is InChI=1S/C10H9NO2/c1-8(12)13-10-6-5-9-4-2-3-7-11(9)10/h2-7H,1H3. The molecule has 0 fully saturated rings. The van der Waals surface area contributed by atoms with E-state index in [2.05, 4.69) is 0 Å². The van der Waals surface area contributed by atoms with Gasteiger partial charge in [-0.25, -0.2) is 0 Å². The highest BCUT2D eigenvalue weighted by Crippen LogP contribution is 2.16. The molecule has 0 spiro atoms. The molecule has 0 aliphatic heterocycles. The summed E-state index contributed by atoms with van der Waals surface area (Å²) in [5, 5.41) is 0. The predicted molar refractivity (Wildman–Crippen MR) is 48.7 cm³/mol. The molecule has 2 rings (SSSR count). The SMILES string of the molecule is CC(=O)Oc1ccc2ccccn12. The van der Waals surface area contributed by atoms with Crippen molar-refractivity contribution in [2.45, 2.75) is 6.92 Å². The summed E-state index contributed by atoms with van der Waals surface area (Å²) in [5.41, 5.74) is 1.01. The van der Waals surface area contributed by atoms with E-state index < -0.39 is 0 Å². The third-order valence-corrected chi connectivity index (χ3v) is 1.77. The largest absolute Gasteiger partial charge is 0.409 e. The lowest BCUT2D eigenvalue weighted by Crippen LogP contribution is -2.03. The Balaban J connectivity index is 2.51. The minimum atomic E-state index is -0.302. The maximum Gasteiger partial charge on any atom is 0.309 e. The van der Waals surface area contributed by atoms with E-state index in [1.165, 1.54) is 6.92 Å². The van der Waals surface area contributed by atoms with Gasteiger partial charge >= 0.3 is 5.97 Å². The lowest BCUT2D eigenvalue weighted by molar-refractivity contribution is -0.132. The fourth-order valence-electron chi connectivity index (χ4n) is 1.26. The van der Waals surface area contributed by atoms with Crippen LogP contribution < -0.4 is 4.74 Å². The van der Waals surface area contributed by atoms with Crippen LogP contribution in [-0.2, 0) is 4.79 Å². The Hall–Kier alpha value is -1.77. The number of aromatic nitrogens is 1. The van der Waals surface area contributed by atoms with Crippen LogP contribution in [-0.4, -0.2) is 10.4 Å². The Labute approximate surface area is 75.6 Å². The van der Waals surface area contributed by atoms with Crippen molar-refractivity contribution in [2.75, 3.05) is 0 Å². The molecule has 0 aromatic carbocycles. The minimum absolute atomic E-state index is 0.302. The summed E-state index contributed by atoms with van der Waals surface area (Å²) in [5.74, 6) is 0.256. The zero-order valence-electron chi connectivity index (χ0n) is 7.23. The minimum Gasteiger partial charge on any atom is -0.409 e. The first kappa shape index (κ1) is 7.86. The first-order chi connectivity index (χ1) is 6.27. The highest BCUT2D eigenvalue weighted by molar-refractivity contribution is 5.69. The van der Waals surface area contributed by atoms with Crippen LogP contribution in [0, 0.1) is 0 Å². The quantitative estimate of drug-likeness (QED) is 0.619. The van der Waals surface area contributed by atoms with Crippen molar-refractivity contribution in [3.05, 3.63) is 36.5 Å². The number of rotatable bonds is 1. The fraction of sp³-hybridized carbons (Fsp3) is 0.100. The van der Waals surface area contributed by atoms with Crippen molar-refractivity contribution < 1.29 is 9.53 Å². The van der Waals surface area contributed by atoms with Crippen LogP contribution in [0.2, 0.25) is 0 Å². The Morgan fingerprint density at radius 2 is 2.15 bits per heavy atom. The van der Waals surface area contributed by atoms with E-state index >= 15 is 0 Å². The van der Waals surface area contributed by atoms with Crippen molar-refractivity contribution in [1.82, 2.24) is 4.40 Å². The summed E-state index contributed by atoms with van der Waals surface area (Å²) in [6.45, 7) is 1.39. The summed E-state index contributed by atoms with van der Waals surface area (Å²) in [6.07, 6.45) is 1.85. The second-order valence-corrected chi connectivity index (χ2v) is 2.76. The molecule has 2 aromatic rings. The maximum atomic E-state index is 10.7. The molecule has 3 nitrogen and oxygen atoms in total. The van der Waals surface area contributed by atoms with Gasteiger partial charge in [0.05, 0.1) is 0 Å². The molecule has 0 aliphatic carbocycles. The van der Waals surface area contributed by atoms with Gasteiger partial charge in [0.2, 0.25) is 5.88 Å². The average Bonchev–Trinajstić information content (AvgIpc) is 2.48. The number of hydrogen-bond donors (Lipinski definition) is 0. The van der Waals surface area contributed by atoms with E-state index in [1.54, 1.807) is 6.07 Å². The molecule has 2 heterocycles. The topological polar surface area (TPSA) is 30.7 Å². The number of esters is 1. The molecular formula is C10H9NO2. The van der Waals surface area contributed by atoms with Gasteiger partial charge in [0.15, 0.2) is 0 Å². The highest BCUT2D eigenvalue weighted by atomic mass is 16.5. The van der Waals surface area contributed by atoms with Gasteiger partial charge in [-0.2, -0.15) is 0 Å². The summed E-state index contributed by atoms with van der Waals surface area (Å²) < 4.78 is 6.81. The zero-order valence-corrected chi connectivity index (χ0v) is 7.23. The van der Waals surface area contributed by atoms with Crippen LogP contribution in [0.5, 0.6) is 5.88 Å². The second-order valence-electron chi connectivity index (χ2n) is 2.76. The van der Waals surface area contributed by atoms with Crippen molar-refractivity contribution in [2.24, 2.45) is 0 Å². The van der Waals surface area contributed by atoms with Gasteiger partial charge in [0.1, 0.15) is 0 Å². The van der Waals surface area contributed by atoms with E-state index in [0.717, 1.165) is 5.52 Å².